The molecule has 3 N–H and O–H groups in total. The van der Waals surface area contributed by atoms with Crippen LogP contribution in [0.15, 0.2) is 0 Å². The van der Waals surface area contributed by atoms with Crippen molar-refractivity contribution in [2.45, 2.75) is 32.4 Å². The molecule has 0 aromatic carbocycles. The lowest BCUT2D eigenvalue weighted by atomic mass is 10.0. The van der Waals surface area contributed by atoms with E-state index in [-0.39, 0.29) is 12.0 Å². The Kier molecular flexibility index (Phi) is 5.88. The van der Waals surface area contributed by atoms with Gasteiger partial charge in [0, 0.05) is 19.6 Å². The first-order valence-electron chi connectivity index (χ1n) is 6.32. The van der Waals surface area contributed by atoms with Crippen LogP contribution < -0.4 is 11.1 Å². The summed E-state index contributed by atoms with van der Waals surface area (Å²) in [4.78, 5) is 13.9. The fraction of sp³-hybridized carbons (Fsp3) is 0.917. The van der Waals surface area contributed by atoms with E-state index >= 15 is 0 Å². The molecule has 0 saturated carbocycles. The van der Waals surface area contributed by atoms with Crippen LogP contribution in [0.1, 0.15) is 20.3 Å². The highest BCUT2D eigenvalue weighted by atomic mass is 16.5. The van der Waals surface area contributed by atoms with Gasteiger partial charge in [-0.15, -0.1) is 0 Å². The number of nitrogens with zero attached hydrogens (tertiary/aromatic N) is 1. The maximum atomic E-state index is 11.7. The molecule has 5 nitrogen and oxygen atoms in total. The molecule has 1 saturated heterocycles. The molecule has 0 radical (unpaired) electrons. The minimum Gasteiger partial charge on any atom is -0.374 e. The Morgan fingerprint density at radius 2 is 2.29 bits per heavy atom. The van der Waals surface area contributed by atoms with Gasteiger partial charge in [-0.3, -0.25) is 4.79 Å². The van der Waals surface area contributed by atoms with Gasteiger partial charge in [0.15, 0.2) is 0 Å². The summed E-state index contributed by atoms with van der Waals surface area (Å²) in [6, 6.07) is -0.406. The van der Waals surface area contributed by atoms with E-state index in [1.807, 2.05) is 0 Å². The van der Waals surface area contributed by atoms with E-state index in [0.717, 1.165) is 26.1 Å². The number of carbonyl (C=O) groups excluding carboxylic acids is 1. The minimum absolute atomic E-state index is 0.0736. The molecule has 17 heavy (non-hydrogen) atoms. The zero-order chi connectivity index (χ0) is 12.8. The molecule has 1 aliphatic heterocycles. The lowest BCUT2D eigenvalue weighted by Gasteiger charge is -2.30. The number of carbonyl (C=O) groups is 1. The van der Waals surface area contributed by atoms with Crippen LogP contribution in [-0.2, 0) is 9.53 Å². The first-order chi connectivity index (χ1) is 7.99. The van der Waals surface area contributed by atoms with Crippen LogP contribution in [0.2, 0.25) is 0 Å². The monoisotopic (exact) mass is 243 g/mol. The summed E-state index contributed by atoms with van der Waals surface area (Å²) in [5, 5.41) is 2.86. The van der Waals surface area contributed by atoms with Gasteiger partial charge in [0.2, 0.25) is 5.91 Å². The molecule has 1 rings (SSSR count). The number of hydrogen-bond donors (Lipinski definition) is 2. The molecule has 1 amide bonds. The Balaban J connectivity index is 2.22. The predicted octanol–water partition coefficient (Wildman–Crippen LogP) is -0.193. The van der Waals surface area contributed by atoms with Crippen molar-refractivity contribution in [3.63, 3.8) is 0 Å². The number of hydrogen-bond acceptors (Lipinski definition) is 4. The number of rotatable bonds is 5. The lowest BCUT2D eigenvalue weighted by molar-refractivity contribution is -0.123. The second-order valence-electron chi connectivity index (χ2n) is 5.24. The third-order valence-corrected chi connectivity index (χ3v) is 2.91. The topological polar surface area (TPSA) is 67.6 Å². The standard InChI is InChI=1S/C12H25N3O2/c1-9(2)6-11(13)12(16)14-7-10-8-15(3)4-5-17-10/h9-11H,4-8,13H2,1-3H3,(H,14,16). The average Bonchev–Trinajstić information content (AvgIpc) is 2.25. The van der Waals surface area contributed by atoms with Crippen LogP contribution in [0.3, 0.4) is 0 Å². The number of ether oxygens (including phenoxy) is 1. The predicted molar refractivity (Wildman–Crippen MR) is 67.7 cm³/mol. The zero-order valence-corrected chi connectivity index (χ0v) is 11.1. The Hall–Kier alpha value is -0.650. The number of likely N-dealkylation sites (N-methyl/N-ethyl adjacent to an activating group) is 1. The summed E-state index contributed by atoms with van der Waals surface area (Å²) in [6.45, 7) is 7.22. The van der Waals surface area contributed by atoms with Crippen LogP contribution in [0.5, 0.6) is 0 Å². The van der Waals surface area contributed by atoms with E-state index in [4.69, 9.17) is 10.5 Å². The molecule has 1 heterocycles. The maximum Gasteiger partial charge on any atom is 0.237 e. The maximum absolute atomic E-state index is 11.7. The molecule has 0 spiro atoms. The number of morpholine rings is 1. The Morgan fingerprint density at radius 3 is 2.88 bits per heavy atom. The van der Waals surface area contributed by atoms with Gasteiger partial charge in [0.25, 0.3) is 0 Å². The SMILES string of the molecule is CC(C)CC(N)C(=O)NCC1CN(C)CCO1. The molecule has 2 atom stereocenters. The average molecular weight is 243 g/mol. The first-order valence-corrected chi connectivity index (χ1v) is 6.32. The largest absolute Gasteiger partial charge is 0.374 e. The van der Waals surface area contributed by atoms with Crippen molar-refractivity contribution in [1.82, 2.24) is 10.2 Å². The van der Waals surface area contributed by atoms with Crippen molar-refractivity contribution >= 4 is 5.91 Å². The summed E-state index contributed by atoms with van der Waals surface area (Å²) in [5.41, 5.74) is 5.80. The van der Waals surface area contributed by atoms with Crippen molar-refractivity contribution in [3.8, 4) is 0 Å². The van der Waals surface area contributed by atoms with Gasteiger partial charge in [-0.25, -0.2) is 0 Å². The lowest BCUT2D eigenvalue weighted by Crippen LogP contribution is -2.49. The minimum atomic E-state index is -0.406. The van der Waals surface area contributed by atoms with E-state index in [1.165, 1.54) is 0 Å². The van der Waals surface area contributed by atoms with Gasteiger partial charge in [-0.05, 0) is 19.4 Å². The Labute approximate surface area is 104 Å². The van der Waals surface area contributed by atoms with Gasteiger partial charge in [-0.2, -0.15) is 0 Å². The quantitative estimate of drug-likeness (QED) is 0.702. The van der Waals surface area contributed by atoms with E-state index in [1.54, 1.807) is 0 Å². The van der Waals surface area contributed by atoms with Crippen LogP contribution in [0.25, 0.3) is 0 Å². The Morgan fingerprint density at radius 1 is 1.59 bits per heavy atom. The number of nitrogens with one attached hydrogen (secondary N) is 1. The second kappa shape index (κ2) is 6.93. The highest BCUT2D eigenvalue weighted by molar-refractivity contribution is 5.81. The molecule has 2 unspecified atom stereocenters. The van der Waals surface area contributed by atoms with Crippen molar-refractivity contribution in [2.24, 2.45) is 11.7 Å². The molecule has 5 heteroatoms. The van der Waals surface area contributed by atoms with Crippen molar-refractivity contribution in [2.75, 3.05) is 33.3 Å². The smallest absolute Gasteiger partial charge is 0.237 e. The van der Waals surface area contributed by atoms with Crippen LogP contribution >= 0.6 is 0 Å². The molecule has 0 aliphatic carbocycles. The van der Waals surface area contributed by atoms with Gasteiger partial charge in [0.05, 0.1) is 18.8 Å². The third-order valence-electron chi connectivity index (χ3n) is 2.91. The molecule has 0 bridgehead atoms. The summed E-state index contributed by atoms with van der Waals surface area (Å²) in [7, 11) is 2.06. The van der Waals surface area contributed by atoms with Crippen LogP contribution in [0, 0.1) is 5.92 Å². The van der Waals surface area contributed by atoms with E-state index in [9.17, 15) is 4.79 Å². The second-order valence-corrected chi connectivity index (χ2v) is 5.24. The molecular weight excluding hydrogens is 218 g/mol. The van der Waals surface area contributed by atoms with Gasteiger partial charge in [-0.1, -0.05) is 13.8 Å². The summed E-state index contributed by atoms with van der Waals surface area (Å²) in [6.07, 6.45) is 0.806. The summed E-state index contributed by atoms with van der Waals surface area (Å²) >= 11 is 0. The van der Waals surface area contributed by atoms with Crippen molar-refractivity contribution < 1.29 is 9.53 Å². The highest BCUT2D eigenvalue weighted by Gasteiger charge is 2.20. The summed E-state index contributed by atoms with van der Waals surface area (Å²) < 4.78 is 5.56. The fourth-order valence-electron chi connectivity index (χ4n) is 1.95. The van der Waals surface area contributed by atoms with Gasteiger partial charge >= 0.3 is 0 Å². The Bertz CT molecular complexity index is 246. The molecular formula is C12H25N3O2. The van der Waals surface area contributed by atoms with E-state index in [2.05, 4.69) is 31.1 Å². The molecule has 1 fully saturated rings. The zero-order valence-electron chi connectivity index (χ0n) is 11.1. The van der Waals surface area contributed by atoms with Crippen LogP contribution in [0.4, 0.5) is 0 Å². The van der Waals surface area contributed by atoms with Crippen LogP contribution in [-0.4, -0.2) is 56.2 Å². The summed E-state index contributed by atoms with van der Waals surface area (Å²) in [5.74, 6) is 0.364. The fourth-order valence-corrected chi connectivity index (χ4v) is 1.95. The normalized spacial score (nSPS) is 23.7. The van der Waals surface area contributed by atoms with E-state index in [0.29, 0.717) is 12.5 Å². The highest BCUT2D eigenvalue weighted by Crippen LogP contribution is 2.04. The first kappa shape index (κ1) is 14.4. The number of amides is 1. The molecule has 0 aromatic heterocycles. The van der Waals surface area contributed by atoms with Crippen molar-refractivity contribution in [3.05, 3.63) is 0 Å². The molecule has 1 aliphatic rings. The van der Waals surface area contributed by atoms with Crippen molar-refractivity contribution in [1.29, 1.82) is 0 Å². The van der Waals surface area contributed by atoms with Gasteiger partial charge in [0.1, 0.15) is 0 Å². The molecule has 0 aromatic rings. The number of nitrogens with two attached hydrogens (primary N) is 1. The van der Waals surface area contributed by atoms with E-state index < -0.39 is 6.04 Å². The molecule has 100 valence electrons. The van der Waals surface area contributed by atoms with Gasteiger partial charge < -0.3 is 20.7 Å². The third kappa shape index (κ3) is 5.48.